The van der Waals surface area contributed by atoms with Gasteiger partial charge in [0.05, 0.1) is 13.0 Å². The summed E-state index contributed by atoms with van der Waals surface area (Å²) in [5.74, 6) is -2.18. The molecular formula is C46H74O12S. The highest BCUT2D eigenvalue weighted by Crippen LogP contribution is 2.23. The first-order chi connectivity index (χ1) is 28.5. The lowest BCUT2D eigenvalue weighted by Crippen LogP contribution is -2.60. The first kappa shape index (κ1) is 53.8. The van der Waals surface area contributed by atoms with Gasteiger partial charge in [0.15, 0.2) is 12.4 Å². The predicted molar refractivity (Wildman–Crippen MR) is 233 cm³/mol. The van der Waals surface area contributed by atoms with Crippen LogP contribution < -0.4 is 0 Å². The number of rotatable bonds is 34. The predicted octanol–water partition coefficient (Wildman–Crippen LogP) is 8.50. The zero-order valence-electron chi connectivity index (χ0n) is 35.6. The summed E-state index contributed by atoms with van der Waals surface area (Å²) in [7, 11) is -4.62. The van der Waals surface area contributed by atoms with Crippen LogP contribution in [0.3, 0.4) is 0 Å². The van der Waals surface area contributed by atoms with Gasteiger partial charge < -0.3 is 34.3 Å². The van der Waals surface area contributed by atoms with Gasteiger partial charge in [-0.05, 0) is 70.6 Å². The Kier molecular flexibility index (Phi) is 32.5. The van der Waals surface area contributed by atoms with Crippen molar-refractivity contribution in [2.45, 2.75) is 173 Å². The molecule has 13 heteroatoms. The highest BCUT2D eigenvalue weighted by Gasteiger charge is 2.46. The minimum atomic E-state index is -4.62. The van der Waals surface area contributed by atoms with E-state index in [1.165, 1.54) is 25.7 Å². The lowest BCUT2D eigenvalue weighted by Gasteiger charge is -2.40. The molecule has 1 saturated heterocycles. The van der Waals surface area contributed by atoms with Crippen molar-refractivity contribution in [3.63, 3.8) is 0 Å². The fourth-order valence-corrected chi connectivity index (χ4v) is 6.59. The first-order valence-corrected chi connectivity index (χ1v) is 23.3. The average Bonchev–Trinajstić information content (AvgIpc) is 3.20. The van der Waals surface area contributed by atoms with Crippen molar-refractivity contribution in [3.05, 3.63) is 85.1 Å². The van der Waals surface area contributed by atoms with Crippen LogP contribution in [0.5, 0.6) is 0 Å². The number of hydrogen-bond acceptors (Lipinski definition) is 11. The Morgan fingerprint density at radius 1 is 0.610 bits per heavy atom. The van der Waals surface area contributed by atoms with Crippen LogP contribution in [0.2, 0.25) is 0 Å². The quantitative estimate of drug-likeness (QED) is 0.0210. The molecule has 336 valence electrons. The van der Waals surface area contributed by atoms with Crippen molar-refractivity contribution in [2.24, 2.45) is 0 Å². The van der Waals surface area contributed by atoms with Gasteiger partial charge in [0.1, 0.15) is 36.8 Å². The number of allylic oxidation sites excluding steroid dienone is 13. The molecule has 6 atom stereocenters. The van der Waals surface area contributed by atoms with E-state index in [0.29, 0.717) is 12.8 Å². The highest BCUT2D eigenvalue weighted by atomic mass is 32.2. The van der Waals surface area contributed by atoms with Crippen LogP contribution in [0.15, 0.2) is 85.1 Å². The van der Waals surface area contributed by atoms with E-state index in [1.807, 2.05) is 18.2 Å². The molecule has 0 radical (unpaired) electrons. The number of aliphatic hydroxyl groups excluding tert-OH is 3. The van der Waals surface area contributed by atoms with Gasteiger partial charge in [-0.2, -0.15) is 8.42 Å². The number of unbranched alkanes of at least 4 members (excludes halogenated alkanes) is 9. The molecule has 0 aromatic heterocycles. The Hall–Kier alpha value is -3.17. The summed E-state index contributed by atoms with van der Waals surface area (Å²) in [6.45, 7) is 3.51. The first-order valence-electron chi connectivity index (χ1n) is 21.6. The Morgan fingerprint density at radius 3 is 1.68 bits per heavy atom. The molecule has 1 fully saturated rings. The Morgan fingerprint density at radius 2 is 1.12 bits per heavy atom. The monoisotopic (exact) mass is 850 g/mol. The van der Waals surface area contributed by atoms with E-state index in [2.05, 4.69) is 74.6 Å². The number of carbonyl (C=O) groups is 2. The van der Waals surface area contributed by atoms with Gasteiger partial charge in [0, 0.05) is 6.42 Å². The summed E-state index contributed by atoms with van der Waals surface area (Å²) >= 11 is 0. The second-order valence-corrected chi connectivity index (χ2v) is 16.1. The van der Waals surface area contributed by atoms with Gasteiger partial charge in [-0.1, -0.05) is 137 Å². The highest BCUT2D eigenvalue weighted by molar-refractivity contribution is 7.85. The third kappa shape index (κ3) is 30.5. The molecule has 1 aliphatic rings. The van der Waals surface area contributed by atoms with Crippen LogP contribution in [0.25, 0.3) is 0 Å². The second kappa shape index (κ2) is 35.6. The van der Waals surface area contributed by atoms with Crippen LogP contribution in [0, 0.1) is 0 Å². The average molecular weight is 851 g/mol. The molecule has 0 aromatic rings. The van der Waals surface area contributed by atoms with E-state index < -0.39 is 71.2 Å². The second-order valence-electron chi connectivity index (χ2n) is 14.6. The number of hydrogen-bond donors (Lipinski definition) is 4. The van der Waals surface area contributed by atoms with Crippen molar-refractivity contribution in [2.75, 3.05) is 19.0 Å². The van der Waals surface area contributed by atoms with Crippen LogP contribution in [0.1, 0.15) is 136 Å². The molecular weight excluding hydrogens is 777 g/mol. The van der Waals surface area contributed by atoms with Crippen molar-refractivity contribution in [3.8, 4) is 0 Å². The van der Waals surface area contributed by atoms with E-state index >= 15 is 0 Å². The van der Waals surface area contributed by atoms with Crippen LogP contribution in [0.4, 0.5) is 0 Å². The third-order valence-corrected chi connectivity index (χ3v) is 9.99. The molecule has 6 unspecified atom stereocenters. The molecule has 0 bridgehead atoms. The molecule has 0 saturated carbocycles. The molecule has 1 rings (SSSR count). The number of esters is 2. The Labute approximate surface area is 354 Å². The standard InChI is InChI=1S/C46H74O12S/c1-3-5-7-9-11-13-15-17-19-21-22-24-26-28-30-32-34-41(47)55-36-39(37-56-46-45(51)44(50)43(49)40(58-46)38-59(52,53)54)57-42(48)35-33-31-29-27-25-23-20-18-16-14-12-10-8-6-4-2/h6,8,12-15,18-21,25,27,31,33,39-40,43-46,49-51H,3-5,7,9-11,16-17,22-24,26,28-30,32,34-38H2,1-2H3,(H,52,53,54)/b8-6-,14-12-,15-13-,20-18-,21-19-,27-25-,33-31-. The van der Waals surface area contributed by atoms with Gasteiger partial charge >= 0.3 is 11.9 Å². The summed E-state index contributed by atoms with van der Waals surface area (Å²) in [6.07, 6.45) is 36.6. The molecule has 12 nitrogen and oxygen atoms in total. The van der Waals surface area contributed by atoms with Crippen molar-refractivity contribution < 1.29 is 56.8 Å². The van der Waals surface area contributed by atoms with Gasteiger partial charge in [0.2, 0.25) is 0 Å². The summed E-state index contributed by atoms with van der Waals surface area (Å²) in [4.78, 5) is 25.3. The topological polar surface area (TPSA) is 186 Å². The molecule has 59 heavy (non-hydrogen) atoms. The molecule has 1 aliphatic heterocycles. The fraction of sp³-hybridized carbons (Fsp3) is 0.652. The summed E-state index contributed by atoms with van der Waals surface area (Å²) in [6, 6.07) is 0. The maximum absolute atomic E-state index is 12.7. The minimum absolute atomic E-state index is 0.0755. The number of ether oxygens (including phenoxy) is 4. The maximum atomic E-state index is 12.7. The number of carbonyl (C=O) groups excluding carboxylic acids is 2. The van der Waals surface area contributed by atoms with Crippen molar-refractivity contribution >= 4 is 22.1 Å². The Bertz CT molecular complexity index is 1410. The van der Waals surface area contributed by atoms with E-state index in [0.717, 1.165) is 70.6 Å². The summed E-state index contributed by atoms with van der Waals surface area (Å²) < 4.78 is 53.8. The molecule has 0 amide bonds. The smallest absolute Gasteiger partial charge is 0.310 e. The van der Waals surface area contributed by atoms with Gasteiger partial charge in [0.25, 0.3) is 10.1 Å². The molecule has 0 aromatic carbocycles. The molecule has 1 heterocycles. The minimum Gasteiger partial charge on any atom is -0.462 e. The normalized spacial score (nSPS) is 21.1. The van der Waals surface area contributed by atoms with Crippen LogP contribution in [-0.4, -0.2) is 96.0 Å². The van der Waals surface area contributed by atoms with E-state index in [9.17, 15) is 37.9 Å². The largest absolute Gasteiger partial charge is 0.462 e. The van der Waals surface area contributed by atoms with Gasteiger partial charge in [-0.15, -0.1) is 0 Å². The fourth-order valence-electron chi connectivity index (χ4n) is 5.90. The zero-order chi connectivity index (χ0) is 43.4. The third-order valence-electron chi connectivity index (χ3n) is 9.24. The molecule has 4 N–H and O–H groups in total. The van der Waals surface area contributed by atoms with Gasteiger partial charge in [-0.3, -0.25) is 14.1 Å². The van der Waals surface area contributed by atoms with Crippen LogP contribution >= 0.6 is 0 Å². The SMILES string of the molecule is CC/C=C\C/C=C\C/C=C\C/C=C\C/C=C\CC(=O)OC(COC(=O)CCCCCCC/C=C\C/C=C\CCCCCC)COC1OC(CS(=O)(=O)O)C(O)C(O)C1O. The summed E-state index contributed by atoms with van der Waals surface area (Å²) in [5.41, 5.74) is 0. The Balaban J connectivity index is 2.55. The maximum Gasteiger partial charge on any atom is 0.310 e. The van der Waals surface area contributed by atoms with E-state index in [4.69, 9.17) is 18.9 Å². The lowest BCUT2D eigenvalue weighted by molar-refractivity contribution is -0.297. The van der Waals surface area contributed by atoms with Gasteiger partial charge in [-0.25, -0.2) is 0 Å². The van der Waals surface area contributed by atoms with Crippen molar-refractivity contribution in [1.82, 2.24) is 0 Å². The molecule has 0 spiro atoms. The number of aliphatic hydroxyl groups is 3. The van der Waals surface area contributed by atoms with E-state index in [1.54, 1.807) is 6.08 Å². The zero-order valence-corrected chi connectivity index (χ0v) is 36.4. The van der Waals surface area contributed by atoms with Crippen LogP contribution in [-0.2, 0) is 38.7 Å². The van der Waals surface area contributed by atoms with Crippen molar-refractivity contribution in [1.29, 1.82) is 0 Å². The lowest BCUT2D eigenvalue weighted by atomic mass is 10.00. The summed E-state index contributed by atoms with van der Waals surface area (Å²) in [5, 5.41) is 30.8. The molecule has 0 aliphatic carbocycles. The van der Waals surface area contributed by atoms with E-state index in [-0.39, 0.29) is 19.4 Å².